The van der Waals surface area contributed by atoms with Crippen molar-refractivity contribution in [2.45, 2.75) is 5.16 Å². The molecule has 0 aliphatic carbocycles. The van der Waals surface area contributed by atoms with Crippen LogP contribution in [0.15, 0.2) is 35.1 Å². The number of hydrogen-bond donors (Lipinski definition) is 0. The fourth-order valence-corrected chi connectivity index (χ4v) is 2.41. The third-order valence-electron chi connectivity index (χ3n) is 1.94. The maximum Gasteiger partial charge on any atom is 0.273 e. The number of thioether (sulfide) groups is 1. The number of carbonyl (C=O) groups excluding carboxylic acids is 1. The van der Waals surface area contributed by atoms with Gasteiger partial charge in [-0.3, -0.25) is 4.79 Å². The van der Waals surface area contributed by atoms with Crippen LogP contribution in [0.1, 0.15) is 9.67 Å². The van der Waals surface area contributed by atoms with Crippen molar-refractivity contribution in [1.82, 2.24) is 14.8 Å². The number of hydrogen-bond acceptors (Lipinski definition) is 5. The van der Waals surface area contributed by atoms with Crippen LogP contribution < -0.4 is 0 Å². The highest BCUT2D eigenvalue weighted by Gasteiger charge is 2.09. The van der Waals surface area contributed by atoms with Crippen LogP contribution in [0.4, 0.5) is 0 Å². The number of allylic oxidation sites excluding steroid dienone is 1. The van der Waals surface area contributed by atoms with Gasteiger partial charge in [-0.2, -0.15) is 9.78 Å². The van der Waals surface area contributed by atoms with Gasteiger partial charge in [-0.1, -0.05) is 23.7 Å². The van der Waals surface area contributed by atoms with E-state index in [0.29, 0.717) is 10.9 Å². The van der Waals surface area contributed by atoms with Gasteiger partial charge in [-0.05, 0) is 17.5 Å². The Balaban J connectivity index is 2.10. The zero-order valence-electron chi connectivity index (χ0n) is 9.31. The second kappa shape index (κ2) is 6.19. The molecule has 0 aliphatic heterocycles. The monoisotopic (exact) mass is 275 g/mol. The summed E-state index contributed by atoms with van der Waals surface area (Å²) in [6.07, 6.45) is 9.74. The van der Waals surface area contributed by atoms with E-state index >= 15 is 0 Å². The highest BCUT2D eigenvalue weighted by atomic mass is 32.2. The standard InChI is InChI=1S/C12H9N3OS2/c1-2-7-18-12-13-9-14-15(12)11(16)6-5-10-4-3-8-17-10/h1,3-6,8-9H,7H2. The molecular formula is C12H9N3OS2. The Labute approximate surface area is 113 Å². The molecule has 6 heteroatoms. The average molecular weight is 275 g/mol. The highest BCUT2D eigenvalue weighted by molar-refractivity contribution is 7.99. The second-order valence-electron chi connectivity index (χ2n) is 3.13. The van der Waals surface area contributed by atoms with E-state index in [1.54, 1.807) is 17.4 Å². The van der Waals surface area contributed by atoms with Gasteiger partial charge in [0, 0.05) is 11.0 Å². The lowest BCUT2D eigenvalue weighted by atomic mass is 10.4. The summed E-state index contributed by atoms with van der Waals surface area (Å²) in [5.41, 5.74) is 0. The molecule has 2 aromatic rings. The average Bonchev–Trinajstić information content (AvgIpc) is 3.04. The molecule has 0 fully saturated rings. The summed E-state index contributed by atoms with van der Waals surface area (Å²) in [7, 11) is 0. The molecule has 18 heavy (non-hydrogen) atoms. The maximum absolute atomic E-state index is 11.9. The number of nitrogens with zero attached hydrogens (tertiary/aromatic N) is 3. The van der Waals surface area contributed by atoms with Crippen LogP contribution in [0.3, 0.4) is 0 Å². The first-order valence-electron chi connectivity index (χ1n) is 5.03. The molecule has 90 valence electrons. The largest absolute Gasteiger partial charge is 0.273 e. The number of terminal acetylenes is 1. The van der Waals surface area contributed by atoms with Gasteiger partial charge in [-0.25, -0.2) is 4.98 Å². The Hall–Kier alpha value is -1.84. The van der Waals surface area contributed by atoms with Crippen LogP contribution in [0.5, 0.6) is 0 Å². The molecule has 0 radical (unpaired) electrons. The van der Waals surface area contributed by atoms with Crippen LogP contribution in [0.2, 0.25) is 0 Å². The van der Waals surface area contributed by atoms with Crippen LogP contribution in [-0.4, -0.2) is 26.4 Å². The summed E-state index contributed by atoms with van der Waals surface area (Å²) >= 11 is 2.87. The zero-order chi connectivity index (χ0) is 12.8. The Bertz CT molecular complexity index is 593. The van der Waals surface area contributed by atoms with Crippen molar-refractivity contribution in [2.75, 3.05) is 5.75 Å². The number of carbonyl (C=O) groups is 1. The Morgan fingerprint density at radius 1 is 1.67 bits per heavy atom. The van der Waals surface area contributed by atoms with Crippen molar-refractivity contribution in [3.63, 3.8) is 0 Å². The summed E-state index contributed by atoms with van der Waals surface area (Å²) in [4.78, 5) is 16.9. The van der Waals surface area contributed by atoms with E-state index in [1.165, 1.54) is 28.8 Å². The van der Waals surface area contributed by atoms with Crippen molar-refractivity contribution in [3.8, 4) is 12.3 Å². The van der Waals surface area contributed by atoms with Crippen molar-refractivity contribution >= 4 is 35.1 Å². The molecule has 0 atom stereocenters. The Morgan fingerprint density at radius 3 is 3.28 bits per heavy atom. The van der Waals surface area contributed by atoms with Gasteiger partial charge in [0.15, 0.2) is 5.16 Å². The van der Waals surface area contributed by atoms with Gasteiger partial charge >= 0.3 is 0 Å². The predicted octanol–water partition coefficient (Wildman–Crippen LogP) is 2.42. The molecule has 0 unspecified atom stereocenters. The lowest BCUT2D eigenvalue weighted by molar-refractivity contribution is 0.0943. The van der Waals surface area contributed by atoms with E-state index in [4.69, 9.17) is 6.42 Å². The third kappa shape index (κ3) is 3.09. The number of aromatic nitrogens is 3. The molecule has 2 heterocycles. The number of rotatable bonds is 4. The Kier molecular flexibility index (Phi) is 4.34. The van der Waals surface area contributed by atoms with Crippen LogP contribution in [0.25, 0.3) is 6.08 Å². The molecule has 0 spiro atoms. The molecular weight excluding hydrogens is 266 g/mol. The lowest BCUT2D eigenvalue weighted by Crippen LogP contribution is -2.10. The normalized spacial score (nSPS) is 10.6. The first-order valence-corrected chi connectivity index (χ1v) is 6.90. The van der Waals surface area contributed by atoms with Gasteiger partial charge in [0.2, 0.25) is 0 Å². The molecule has 0 aromatic carbocycles. The molecule has 0 saturated heterocycles. The van der Waals surface area contributed by atoms with E-state index in [1.807, 2.05) is 17.5 Å². The van der Waals surface area contributed by atoms with E-state index < -0.39 is 0 Å². The fraction of sp³-hybridized carbons (Fsp3) is 0.0833. The van der Waals surface area contributed by atoms with Crippen LogP contribution in [0, 0.1) is 12.3 Å². The van der Waals surface area contributed by atoms with Gasteiger partial charge in [0.05, 0.1) is 5.75 Å². The summed E-state index contributed by atoms with van der Waals surface area (Å²) in [6, 6.07) is 3.86. The Morgan fingerprint density at radius 2 is 2.56 bits per heavy atom. The molecule has 0 amide bonds. The van der Waals surface area contributed by atoms with Gasteiger partial charge in [0.25, 0.3) is 5.91 Å². The first kappa shape index (κ1) is 12.6. The van der Waals surface area contributed by atoms with Gasteiger partial charge in [-0.15, -0.1) is 17.8 Å². The zero-order valence-corrected chi connectivity index (χ0v) is 10.9. The number of thiophene rings is 1. The summed E-state index contributed by atoms with van der Waals surface area (Å²) in [6.45, 7) is 0. The maximum atomic E-state index is 11.9. The van der Waals surface area contributed by atoms with Crippen molar-refractivity contribution in [2.24, 2.45) is 0 Å². The first-order chi connectivity index (χ1) is 8.81. The molecule has 4 nitrogen and oxygen atoms in total. The smallest absolute Gasteiger partial charge is 0.267 e. The van der Waals surface area contributed by atoms with Crippen molar-refractivity contribution in [3.05, 3.63) is 34.8 Å². The molecule has 0 N–H and O–H groups in total. The van der Waals surface area contributed by atoms with Gasteiger partial charge in [0.1, 0.15) is 6.33 Å². The third-order valence-corrected chi connectivity index (χ3v) is 3.63. The van der Waals surface area contributed by atoms with Crippen molar-refractivity contribution < 1.29 is 4.79 Å². The molecule has 2 aromatic heterocycles. The highest BCUT2D eigenvalue weighted by Crippen LogP contribution is 2.14. The molecule has 2 rings (SSSR count). The van der Waals surface area contributed by atoms with E-state index in [2.05, 4.69) is 16.0 Å². The molecule has 0 bridgehead atoms. The van der Waals surface area contributed by atoms with Crippen LogP contribution >= 0.6 is 23.1 Å². The predicted molar refractivity (Wildman–Crippen MR) is 73.6 cm³/mol. The molecule has 0 aliphatic rings. The topological polar surface area (TPSA) is 47.8 Å². The minimum absolute atomic E-state index is 0.236. The summed E-state index contributed by atoms with van der Waals surface area (Å²) in [5.74, 6) is 2.70. The fourth-order valence-electron chi connectivity index (χ4n) is 1.20. The quantitative estimate of drug-likeness (QED) is 0.488. The van der Waals surface area contributed by atoms with E-state index in [9.17, 15) is 4.79 Å². The minimum Gasteiger partial charge on any atom is -0.267 e. The van der Waals surface area contributed by atoms with E-state index in [0.717, 1.165) is 4.88 Å². The SMILES string of the molecule is C#CCSc1ncnn1C(=O)C=Cc1cccs1. The second-order valence-corrected chi connectivity index (χ2v) is 5.06. The van der Waals surface area contributed by atoms with Gasteiger partial charge < -0.3 is 0 Å². The van der Waals surface area contributed by atoms with Crippen LogP contribution in [-0.2, 0) is 0 Å². The van der Waals surface area contributed by atoms with Crippen molar-refractivity contribution in [1.29, 1.82) is 0 Å². The van der Waals surface area contributed by atoms with E-state index in [-0.39, 0.29) is 5.91 Å². The molecule has 0 saturated carbocycles. The minimum atomic E-state index is -0.236. The summed E-state index contributed by atoms with van der Waals surface area (Å²) < 4.78 is 1.24. The summed E-state index contributed by atoms with van der Waals surface area (Å²) in [5, 5.41) is 6.35. The lowest BCUT2D eigenvalue weighted by Gasteiger charge is -1.98.